The Morgan fingerprint density at radius 2 is 2.30 bits per heavy atom. The largest absolute Gasteiger partial charge is 0.462 e. The predicted molar refractivity (Wildman–Crippen MR) is 87.2 cm³/mol. The quantitative estimate of drug-likeness (QED) is 0.816. The van der Waals surface area contributed by atoms with Crippen molar-refractivity contribution in [3.8, 4) is 10.8 Å². The number of ether oxygens (including phenoxy) is 1. The fraction of sp³-hybridized carbons (Fsp3) is 0.529. The third kappa shape index (κ3) is 3.48. The van der Waals surface area contributed by atoms with Crippen LogP contribution in [0.3, 0.4) is 0 Å². The number of carbonyl (C=O) groups is 1. The van der Waals surface area contributed by atoms with Crippen LogP contribution in [-0.4, -0.2) is 41.6 Å². The second-order valence-corrected chi connectivity index (χ2v) is 7.16. The Balaban J connectivity index is 1.41. The van der Waals surface area contributed by atoms with Gasteiger partial charge in [-0.2, -0.15) is 0 Å². The van der Waals surface area contributed by atoms with Crippen molar-refractivity contribution in [1.82, 2.24) is 9.88 Å². The molecule has 1 amide bonds. The summed E-state index contributed by atoms with van der Waals surface area (Å²) in [6.45, 7) is 2.45. The minimum Gasteiger partial charge on any atom is -0.462 e. The van der Waals surface area contributed by atoms with E-state index in [4.69, 9.17) is 9.15 Å². The van der Waals surface area contributed by atoms with Crippen LogP contribution in [0.5, 0.6) is 0 Å². The van der Waals surface area contributed by atoms with Gasteiger partial charge in [-0.15, -0.1) is 11.3 Å². The normalized spacial score (nSPS) is 20.8. The van der Waals surface area contributed by atoms with Gasteiger partial charge >= 0.3 is 0 Å². The van der Waals surface area contributed by atoms with Gasteiger partial charge in [-0.25, -0.2) is 4.98 Å². The van der Waals surface area contributed by atoms with E-state index in [1.165, 1.54) is 11.3 Å². The zero-order chi connectivity index (χ0) is 15.6. The molecular weight excluding hydrogens is 312 g/mol. The van der Waals surface area contributed by atoms with Crippen LogP contribution in [0.4, 0.5) is 0 Å². The molecule has 6 heteroatoms. The summed E-state index contributed by atoms with van der Waals surface area (Å²) in [4.78, 5) is 19.3. The van der Waals surface area contributed by atoms with Gasteiger partial charge in [0.2, 0.25) is 5.91 Å². The van der Waals surface area contributed by atoms with E-state index in [1.54, 1.807) is 6.26 Å². The molecule has 1 saturated heterocycles. The highest BCUT2D eigenvalue weighted by molar-refractivity contribution is 7.13. The number of aromatic nitrogens is 1. The second kappa shape index (κ2) is 6.45. The number of nitrogens with zero attached hydrogens (tertiary/aromatic N) is 2. The molecule has 1 aliphatic carbocycles. The van der Waals surface area contributed by atoms with Crippen LogP contribution < -0.4 is 0 Å². The molecule has 0 bridgehead atoms. The van der Waals surface area contributed by atoms with Crippen molar-refractivity contribution < 1.29 is 13.9 Å². The predicted octanol–water partition coefficient (Wildman–Crippen LogP) is 2.97. The maximum atomic E-state index is 12.7. The number of amides is 1. The Labute approximate surface area is 139 Å². The molecule has 0 radical (unpaired) electrons. The van der Waals surface area contributed by atoms with E-state index in [9.17, 15) is 4.79 Å². The summed E-state index contributed by atoms with van der Waals surface area (Å²) in [6, 6.07) is 4.17. The van der Waals surface area contributed by atoms with E-state index in [0.717, 1.165) is 55.5 Å². The SMILES string of the molecule is O=C(Cc1csc(-c2ccco2)n1)N(C[C@@H]1CCOC1)C1CC1. The van der Waals surface area contributed by atoms with Crippen LogP contribution in [0.1, 0.15) is 25.0 Å². The maximum Gasteiger partial charge on any atom is 0.228 e. The van der Waals surface area contributed by atoms with Gasteiger partial charge in [0.05, 0.1) is 25.0 Å². The van der Waals surface area contributed by atoms with Gasteiger partial charge < -0.3 is 14.1 Å². The van der Waals surface area contributed by atoms with Gasteiger partial charge in [-0.1, -0.05) is 0 Å². The minimum atomic E-state index is 0.190. The Morgan fingerprint density at radius 1 is 1.39 bits per heavy atom. The number of thiazole rings is 1. The maximum absolute atomic E-state index is 12.7. The molecule has 0 N–H and O–H groups in total. The molecule has 0 spiro atoms. The molecule has 5 nitrogen and oxygen atoms in total. The monoisotopic (exact) mass is 332 g/mol. The summed E-state index contributed by atoms with van der Waals surface area (Å²) >= 11 is 1.52. The highest BCUT2D eigenvalue weighted by atomic mass is 32.1. The van der Waals surface area contributed by atoms with E-state index >= 15 is 0 Å². The zero-order valence-electron chi connectivity index (χ0n) is 12.9. The van der Waals surface area contributed by atoms with E-state index in [0.29, 0.717) is 18.4 Å². The van der Waals surface area contributed by atoms with Crippen molar-refractivity contribution in [2.45, 2.75) is 31.7 Å². The molecule has 122 valence electrons. The molecule has 0 aromatic carbocycles. The molecule has 0 unspecified atom stereocenters. The highest BCUT2D eigenvalue weighted by Gasteiger charge is 2.34. The average molecular weight is 332 g/mol. The Bertz CT molecular complexity index is 657. The van der Waals surface area contributed by atoms with Crippen molar-refractivity contribution in [2.24, 2.45) is 5.92 Å². The average Bonchev–Trinajstić information content (AvgIpc) is 3.02. The molecular formula is C17H20N2O3S. The first-order chi connectivity index (χ1) is 11.3. The fourth-order valence-electron chi connectivity index (χ4n) is 3.00. The fourth-order valence-corrected chi connectivity index (χ4v) is 3.79. The molecule has 2 fully saturated rings. The van der Waals surface area contributed by atoms with E-state index in [-0.39, 0.29) is 5.91 Å². The van der Waals surface area contributed by atoms with Crippen molar-refractivity contribution in [1.29, 1.82) is 0 Å². The van der Waals surface area contributed by atoms with E-state index in [2.05, 4.69) is 9.88 Å². The van der Waals surface area contributed by atoms with Gasteiger partial charge in [0.25, 0.3) is 0 Å². The molecule has 23 heavy (non-hydrogen) atoms. The number of rotatable bonds is 6. The van der Waals surface area contributed by atoms with Crippen LogP contribution >= 0.6 is 11.3 Å². The Morgan fingerprint density at radius 3 is 3.00 bits per heavy atom. The summed E-state index contributed by atoms with van der Waals surface area (Å²) in [5.74, 6) is 1.44. The summed E-state index contributed by atoms with van der Waals surface area (Å²) in [5.41, 5.74) is 0.833. The lowest BCUT2D eigenvalue weighted by Crippen LogP contribution is -2.38. The Kier molecular flexibility index (Phi) is 4.18. The highest BCUT2D eigenvalue weighted by Crippen LogP contribution is 2.30. The molecule has 2 aromatic heterocycles. The molecule has 1 atom stereocenters. The van der Waals surface area contributed by atoms with Crippen LogP contribution in [0.2, 0.25) is 0 Å². The molecule has 2 aromatic rings. The van der Waals surface area contributed by atoms with Gasteiger partial charge in [0, 0.05) is 30.5 Å². The van der Waals surface area contributed by atoms with E-state index < -0.39 is 0 Å². The molecule has 3 heterocycles. The summed E-state index contributed by atoms with van der Waals surface area (Å²) in [7, 11) is 0. The lowest BCUT2D eigenvalue weighted by atomic mass is 10.1. The number of carbonyl (C=O) groups excluding carboxylic acids is 1. The minimum absolute atomic E-state index is 0.190. The molecule has 2 aliphatic rings. The van der Waals surface area contributed by atoms with Gasteiger partial charge in [-0.3, -0.25) is 4.79 Å². The van der Waals surface area contributed by atoms with Crippen molar-refractivity contribution in [3.63, 3.8) is 0 Å². The summed E-state index contributed by atoms with van der Waals surface area (Å²) in [5, 5.41) is 2.79. The van der Waals surface area contributed by atoms with Crippen molar-refractivity contribution >= 4 is 17.2 Å². The number of furan rings is 1. The first-order valence-electron chi connectivity index (χ1n) is 8.15. The topological polar surface area (TPSA) is 55.6 Å². The van der Waals surface area contributed by atoms with Crippen LogP contribution in [0.25, 0.3) is 10.8 Å². The third-order valence-corrected chi connectivity index (χ3v) is 5.31. The lowest BCUT2D eigenvalue weighted by molar-refractivity contribution is -0.131. The lowest BCUT2D eigenvalue weighted by Gasteiger charge is -2.25. The second-order valence-electron chi connectivity index (χ2n) is 6.30. The smallest absolute Gasteiger partial charge is 0.228 e. The molecule has 4 rings (SSSR count). The zero-order valence-corrected chi connectivity index (χ0v) is 13.8. The third-order valence-electron chi connectivity index (χ3n) is 4.40. The summed E-state index contributed by atoms with van der Waals surface area (Å²) in [6.07, 6.45) is 5.35. The van der Waals surface area contributed by atoms with Gasteiger partial charge in [0.15, 0.2) is 10.8 Å². The van der Waals surface area contributed by atoms with Crippen LogP contribution in [-0.2, 0) is 16.0 Å². The van der Waals surface area contributed by atoms with Crippen molar-refractivity contribution in [2.75, 3.05) is 19.8 Å². The molecule has 1 aliphatic heterocycles. The number of hydrogen-bond donors (Lipinski definition) is 0. The standard InChI is InChI=1S/C17H20N2O3S/c20-16(19(14-3-4-14)9-12-5-7-21-10-12)8-13-11-23-17(18-13)15-2-1-6-22-15/h1-2,6,11-12,14H,3-5,7-10H2/t12-/m0/s1. The van der Waals surface area contributed by atoms with Crippen LogP contribution in [0.15, 0.2) is 28.2 Å². The summed E-state index contributed by atoms with van der Waals surface area (Å²) < 4.78 is 10.8. The first kappa shape index (κ1) is 14.9. The Hall–Kier alpha value is -1.66. The van der Waals surface area contributed by atoms with Gasteiger partial charge in [-0.05, 0) is 31.4 Å². The van der Waals surface area contributed by atoms with Crippen LogP contribution in [0, 0.1) is 5.92 Å². The first-order valence-corrected chi connectivity index (χ1v) is 9.03. The van der Waals surface area contributed by atoms with E-state index in [1.807, 2.05) is 17.5 Å². The molecule has 1 saturated carbocycles. The van der Waals surface area contributed by atoms with Crippen molar-refractivity contribution in [3.05, 3.63) is 29.5 Å². The van der Waals surface area contributed by atoms with Gasteiger partial charge in [0.1, 0.15) is 0 Å². The number of hydrogen-bond acceptors (Lipinski definition) is 5.